The summed E-state index contributed by atoms with van der Waals surface area (Å²) in [4.78, 5) is 4.49. The number of nitrogens with zero attached hydrogens (tertiary/aromatic N) is 5. The molecule has 1 unspecified atom stereocenters. The fraction of sp³-hybridized carbons (Fsp3) is 0.562. The van der Waals surface area contributed by atoms with Crippen LogP contribution in [0.25, 0.3) is 0 Å². The van der Waals surface area contributed by atoms with E-state index in [9.17, 15) is 5.11 Å². The van der Waals surface area contributed by atoms with Crippen LogP contribution in [0, 0.1) is 0 Å². The third-order valence-electron chi connectivity index (χ3n) is 3.63. The van der Waals surface area contributed by atoms with Gasteiger partial charge < -0.3 is 15.7 Å². The van der Waals surface area contributed by atoms with E-state index in [1.807, 2.05) is 30.9 Å². The Labute approximate surface area is 142 Å². The van der Waals surface area contributed by atoms with E-state index in [2.05, 4.69) is 25.8 Å². The van der Waals surface area contributed by atoms with Crippen LogP contribution >= 0.6 is 0 Å². The molecule has 3 N–H and O–H groups in total. The van der Waals surface area contributed by atoms with Crippen LogP contribution in [0.15, 0.2) is 35.8 Å². The molecule has 0 spiro atoms. The molecule has 24 heavy (non-hydrogen) atoms. The lowest BCUT2D eigenvalue weighted by molar-refractivity contribution is 0.0672. The van der Waals surface area contributed by atoms with Gasteiger partial charge in [0.15, 0.2) is 5.96 Å². The lowest BCUT2D eigenvalue weighted by atomic mass is 10.0. The van der Waals surface area contributed by atoms with Gasteiger partial charge in [-0.1, -0.05) is 0 Å². The van der Waals surface area contributed by atoms with Gasteiger partial charge in [0.1, 0.15) is 5.60 Å². The molecule has 2 rings (SSSR count). The summed E-state index contributed by atoms with van der Waals surface area (Å²) >= 11 is 0. The third-order valence-corrected chi connectivity index (χ3v) is 3.63. The van der Waals surface area contributed by atoms with E-state index in [1.54, 1.807) is 30.2 Å². The van der Waals surface area contributed by atoms with Gasteiger partial charge in [-0.15, -0.1) is 0 Å². The van der Waals surface area contributed by atoms with Gasteiger partial charge in [-0.3, -0.25) is 9.36 Å². The standard InChI is InChI=1S/C16H27N7O/c1-4-17-15(18-7-5-9-23-10-6-8-20-23)19-13-16(2,24)14-11-21-22(3)12-14/h6,8,10-12,24H,4-5,7,9,13H2,1-3H3,(H2,17,18,19). The largest absolute Gasteiger partial charge is 0.383 e. The van der Waals surface area contributed by atoms with E-state index in [1.165, 1.54) is 0 Å². The Bertz CT molecular complexity index is 631. The van der Waals surface area contributed by atoms with E-state index in [-0.39, 0.29) is 6.54 Å². The maximum absolute atomic E-state index is 10.6. The summed E-state index contributed by atoms with van der Waals surface area (Å²) in [5.74, 6) is 0.696. The summed E-state index contributed by atoms with van der Waals surface area (Å²) in [5.41, 5.74) is -0.297. The first-order valence-corrected chi connectivity index (χ1v) is 8.22. The molecule has 0 radical (unpaired) electrons. The zero-order valence-electron chi connectivity index (χ0n) is 14.6. The molecule has 2 heterocycles. The number of aryl methyl sites for hydroxylation is 2. The second-order valence-electron chi connectivity index (χ2n) is 5.92. The van der Waals surface area contributed by atoms with Gasteiger partial charge in [0.2, 0.25) is 0 Å². The van der Waals surface area contributed by atoms with E-state index < -0.39 is 5.60 Å². The fourth-order valence-electron chi connectivity index (χ4n) is 2.25. The van der Waals surface area contributed by atoms with Crippen LogP contribution in [0.5, 0.6) is 0 Å². The number of aliphatic hydroxyl groups is 1. The van der Waals surface area contributed by atoms with Crippen molar-refractivity contribution in [3.05, 3.63) is 36.4 Å². The van der Waals surface area contributed by atoms with Gasteiger partial charge in [-0.25, -0.2) is 4.99 Å². The van der Waals surface area contributed by atoms with Crippen LogP contribution < -0.4 is 10.6 Å². The Kier molecular flexibility index (Phi) is 6.36. The SMILES string of the molecule is CCNC(=NCC(C)(O)c1cnn(C)c1)NCCCn1cccn1. The molecule has 0 saturated carbocycles. The second-order valence-corrected chi connectivity index (χ2v) is 5.92. The van der Waals surface area contributed by atoms with E-state index in [4.69, 9.17) is 0 Å². The van der Waals surface area contributed by atoms with Crippen LogP contribution in [0.4, 0.5) is 0 Å². The van der Waals surface area contributed by atoms with Crippen molar-refractivity contribution in [2.24, 2.45) is 12.0 Å². The maximum Gasteiger partial charge on any atom is 0.191 e. The minimum Gasteiger partial charge on any atom is -0.383 e. The highest BCUT2D eigenvalue weighted by Gasteiger charge is 2.24. The van der Waals surface area contributed by atoms with Crippen molar-refractivity contribution in [1.82, 2.24) is 30.2 Å². The van der Waals surface area contributed by atoms with Gasteiger partial charge in [0.05, 0.1) is 12.7 Å². The summed E-state index contributed by atoms with van der Waals surface area (Å²) in [6, 6.07) is 1.92. The molecule has 1 atom stereocenters. The van der Waals surface area contributed by atoms with Crippen molar-refractivity contribution in [3.8, 4) is 0 Å². The predicted octanol–water partition coefficient (Wildman–Crippen LogP) is 0.470. The van der Waals surface area contributed by atoms with Gasteiger partial charge in [-0.05, 0) is 26.3 Å². The number of nitrogens with one attached hydrogen (secondary N) is 2. The van der Waals surface area contributed by atoms with Gasteiger partial charge in [-0.2, -0.15) is 10.2 Å². The first-order chi connectivity index (χ1) is 11.5. The minimum atomic E-state index is -1.05. The number of hydrogen-bond donors (Lipinski definition) is 3. The molecule has 132 valence electrons. The molecule has 0 fully saturated rings. The smallest absolute Gasteiger partial charge is 0.191 e. The molecule has 0 saturated heterocycles. The molecule has 8 nitrogen and oxygen atoms in total. The average Bonchev–Trinajstić information content (AvgIpc) is 3.20. The molecule has 2 aromatic rings. The van der Waals surface area contributed by atoms with Crippen molar-refractivity contribution in [2.45, 2.75) is 32.4 Å². The lowest BCUT2D eigenvalue weighted by Gasteiger charge is -2.20. The quantitative estimate of drug-likeness (QED) is 0.371. The van der Waals surface area contributed by atoms with Crippen LogP contribution in [0.2, 0.25) is 0 Å². The number of rotatable bonds is 8. The van der Waals surface area contributed by atoms with Gasteiger partial charge in [0.25, 0.3) is 0 Å². The number of aliphatic imine (C=N–C) groups is 1. The van der Waals surface area contributed by atoms with Crippen molar-refractivity contribution < 1.29 is 5.11 Å². The fourth-order valence-corrected chi connectivity index (χ4v) is 2.25. The summed E-state index contributed by atoms with van der Waals surface area (Å²) in [5, 5.41) is 25.3. The number of aromatic nitrogens is 4. The summed E-state index contributed by atoms with van der Waals surface area (Å²) in [7, 11) is 1.83. The highest BCUT2D eigenvalue weighted by molar-refractivity contribution is 5.79. The molecule has 0 amide bonds. The van der Waals surface area contributed by atoms with E-state index in [0.29, 0.717) is 5.96 Å². The highest BCUT2D eigenvalue weighted by Crippen LogP contribution is 2.19. The normalized spacial score (nSPS) is 14.4. The molecule has 0 aliphatic carbocycles. The Morgan fingerprint density at radius 3 is 2.83 bits per heavy atom. The van der Waals surface area contributed by atoms with Crippen LogP contribution in [-0.4, -0.2) is 50.3 Å². The van der Waals surface area contributed by atoms with Crippen molar-refractivity contribution >= 4 is 5.96 Å². The minimum absolute atomic E-state index is 0.257. The molecule has 8 heteroatoms. The molecular formula is C16H27N7O. The van der Waals surface area contributed by atoms with Gasteiger partial charge >= 0.3 is 0 Å². The second kappa shape index (κ2) is 8.49. The predicted molar refractivity (Wildman–Crippen MR) is 93.6 cm³/mol. The average molecular weight is 333 g/mol. The molecule has 0 bridgehead atoms. The molecule has 0 aliphatic heterocycles. The van der Waals surface area contributed by atoms with Crippen molar-refractivity contribution in [1.29, 1.82) is 0 Å². The van der Waals surface area contributed by atoms with Crippen molar-refractivity contribution in [2.75, 3.05) is 19.6 Å². The Morgan fingerprint density at radius 1 is 1.38 bits per heavy atom. The third kappa shape index (κ3) is 5.38. The first-order valence-electron chi connectivity index (χ1n) is 8.22. The molecule has 0 aromatic carbocycles. The maximum atomic E-state index is 10.6. The lowest BCUT2D eigenvalue weighted by Crippen LogP contribution is -2.39. The van der Waals surface area contributed by atoms with Crippen LogP contribution in [-0.2, 0) is 19.2 Å². The number of guanidine groups is 1. The Morgan fingerprint density at radius 2 is 2.21 bits per heavy atom. The zero-order chi connectivity index (χ0) is 17.4. The van der Waals surface area contributed by atoms with Gasteiger partial charge in [0, 0.05) is 50.8 Å². The summed E-state index contributed by atoms with van der Waals surface area (Å²) in [6.07, 6.45) is 8.13. The molecule has 2 aromatic heterocycles. The van der Waals surface area contributed by atoms with Crippen molar-refractivity contribution in [3.63, 3.8) is 0 Å². The number of hydrogen-bond acceptors (Lipinski definition) is 4. The Hall–Kier alpha value is -2.35. The van der Waals surface area contributed by atoms with E-state index >= 15 is 0 Å². The highest BCUT2D eigenvalue weighted by atomic mass is 16.3. The molecule has 0 aliphatic rings. The zero-order valence-corrected chi connectivity index (χ0v) is 14.6. The Balaban J connectivity index is 1.85. The topological polar surface area (TPSA) is 92.3 Å². The van der Waals surface area contributed by atoms with Crippen LogP contribution in [0.1, 0.15) is 25.8 Å². The first kappa shape index (κ1) is 18.0. The van der Waals surface area contributed by atoms with Crippen LogP contribution in [0.3, 0.4) is 0 Å². The summed E-state index contributed by atoms with van der Waals surface area (Å²) < 4.78 is 3.57. The monoisotopic (exact) mass is 333 g/mol. The summed E-state index contributed by atoms with van der Waals surface area (Å²) in [6.45, 7) is 6.41. The van der Waals surface area contributed by atoms with E-state index in [0.717, 1.165) is 31.6 Å². The molecular weight excluding hydrogens is 306 g/mol.